The molecule has 1 aromatic carbocycles. The second kappa shape index (κ2) is 5.37. The molecule has 0 amide bonds. The highest BCUT2D eigenvalue weighted by Gasteiger charge is 1.96. The first-order chi connectivity index (χ1) is 7.84. The maximum absolute atomic E-state index is 5.76. The SMILES string of the molecule is Clc1cncc(OCOc2ccccc2)c1. The molecule has 2 rings (SSSR count). The zero-order chi connectivity index (χ0) is 11.2. The third-order valence-corrected chi connectivity index (χ3v) is 2.08. The highest BCUT2D eigenvalue weighted by atomic mass is 35.5. The van der Waals surface area contributed by atoms with Crippen LogP contribution in [0.25, 0.3) is 0 Å². The molecule has 0 aliphatic carbocycles. The van der Waals surface area contributed by atoms with Crippen molar-refractivity contribution < 1.29 is 9.47 Å². The fraction of sp³-hybridized carbons (Fsp3) is 0.0833. The number of para-hydroxylation sites is 1. The van der Waals surface area contributed by atoms with E-state index in [0.717, 1.165) is 5.75 Å². The Labute approximate surface area is 98.6 Å². The van der Waals surface area contributed by atoms with Crippen molar-refractivity contribution in [3.8, 4) is 11.5 Å². The molecule has 0 saturated heterocycles. The van der Waals surface area contributed by atoms with Gasteiger partial charge < -0.3 is 9.47 Å². The van der Waals surface area contributed by atoms with E-state index in [1.165, 1.54) is 0 Å². The van der Waals surface area contributed by atoms with Gasteiger partial charge in [0.15, 0.2) is 0 Å². The fourth-order valence-corrected chi connectivity index (χ4v) is 1.32. The van der Waals surface area contributed by atoms with Gasteiger partial charge in [0.25, 0.3) is 0 Å². The van der Waals surface area contributed by atoms with Gasteiger partial charge >= 0.3 is 0 Å². The van der Waals surface area contributed by atoms with Crippen molar-refractivity contribution >= 4 is 11.6 Å². The van der Waals surface area contributed by atoms with Crippen LogP contribution in [-0.2, 0) is 0 Å². The molecule has 0 saturated carbocycles. The molecule has 0 N–H and O–H groups in total. The number of hydrogen-bond donors (Lipinski definition) is 0. The molecule has 0 fully saturated rings. The van der Waals surface area contributed by atoms with Crippen LogP contribution in [0.2, 0.25) is 5.02 Å². The van der Waals surface area contributed by atoms with Crippen molar-refractivity contribution in [3.63, 3.8) is 0 Å². The molecule has 3 nitrogen and oxygen atoms in total. The van der Waals surface area contributed by atoms with E-state index in [1.54, 1.807) is 18.5 Å². The second-order valence-electron chi connectivity index (χ2n) is 3.06. The van der Waals surface area contributed by atoms with Gasteiger partial charge in [0.05, 0.1) is 11.2 Å². The molecule has 0 atom stereocenters. The van der Waals surface area contributed by atoms with Crippen molar-refractivity contribution in [1.29, 1.82) is 0 Å². The van der Waals surface area contributed by atoms with Gasteiger partial charge in [-0.05, 0) is 12.1 Å². The van der Waals surface area contributed by atoms with Crippen molar-refractivity contribution in [2.45, 2.75) is 0 Å². The minimum atomic E-state index is 0.131. The van der Waals surface area contributed by atoms with Crippen LogP contribution in [0.15, 0.2) is 48.8 Å². The highest BCUT2D eigenvalue weighted by molar-refractivity contribution is 6.30. The first-order valence-corrected chi connectivity index (χ1v) is 5.13. The summed E-state index contributed by atoms with van der Waals surface area (Å²) in [5.41, 5.74) is 0. The Bertz CT molecular complexity index is 448. The molecular formula is C12H10ClNO2. The average molecular weight is 236 g/mol. The third kappa shape index (κ3) is 3.14. The first-order valence-electron chi connectivity index (χ1n) is 4.76. The smallest absolute Gasteiger partial charge is 0.230 e. The van der Waals surface area contributed by atoms with E-state index in [0.29, 0.717) is 10.8 Å². The van der Waals surface area contributed by atoms with Crippen LogP contribution in [0.3, 0.4) is 0 Å². The minimum absolute atomic E-state index is 0.131. The van der Waals surface area contributed by atoms with Gasteiger partial charge in [-0.25, -0.2) is 0 Å². The summed E-state index contributed by atoms with van der Waals surface area (Å²) >= 11 is 5.76. The third-order valence-electron chi connectivity index (χ3n) is 1.87. The predicted molar refractivity (Wildman–Crippen MR) is 61.8 cm³/mol. The van der Waals surface area contributed by atoms with Crippen LogP contribution < -0.4 is 9.47 Å². The van der Waals surface area contributed by atoms with Crippen LogP contribution in [0, 0.1) is 0 Å². The molecule has 1 heterocycles. The molecule has 16 heavy (non-hydrogen) atoms. The number of hydrogen-bond acceptors (Lipinski definition) is 3. The van der Waals surface area contributed by atoms with Crippen LogP contribution in [0.5, 0.6) is 11.5 Å². The van der Waals surface area contributed by atoms with Gasteiger partial charge in [-0.1, -0.05) is 29.8 Å². The summed E-state index contributed by atoms with van der Waals surface area (Å²) in [4.78, 5) is 3.90. The molecule has 0 radical (unpaired) electrons. The molecule has 0 aliphatic rings. The van der Waals surface area contributed by atoms with E-state index in [2.05, 4.69) is 4.98 Å². The van der Waals surface area contributed by atoms with E-state index in [1.807, 2.05) is 30.3 Å². The Hall–Kier alpha value is -1.74. The maximum atomic E-state index is 5.76. The van der Waals surface area contributed by atoms with Crippen LogP contribution in [-0.4, -0.2) is 11.8 Å². The average Bonchev–Trinajstić information content (AvgIpc) is 2.30. The Morgan fingerprint density at radius 1 is 1.00 bits per heavy atom. The van der Waals surface area contributed by atoms with Crippen molar-refractivity contribution in [2.75, 3.05) is 6.79 Å². The molecule has 0 unspecified atom stereocenters. The lowest BCUT2D eigenvalue weighted by Crippen LogP contribution is -2.05. The minimum Gasteiger partial charge on any atom is -0.458 e. The standard InChI is InChI=1S/C12H10ClNO2/c13-10-6-12(8-14-7-10)16-9-15-11-4-2-1-3-5-11/h1-8H,9H2. The normalized spacial score (nSPS) is 9.81. The van der Waals surface area contributed by atoms with E-state index in [-0.39, 0.29) is 6.79 Å². The number of ether oxygens (including phenoxy) is 2. The molecule has 0 aliphatic heterocycles. The van der Waals surface area contributed by atoms with Crippen LogP contribution in [0.1, 0.15) is 0 Å². The van der Waals surface area contributed by atoms with Gasteiger partial charge in [-0.2, -0.15) is 0 Å². The zero-order valence-corrected chi connectivity index (χ0v) is 9.22. The van der Waals surface area contributed by atoms with Crippen LogP contribution >= 0.6 is 11.6 Å². The molecule has 4 heteroatoms. The summed E-state index contributed by atoms with van der Waals surface area (Å²) in [7, 11) is 0. The van der Waals surface area contributed by atoms with Crippen molar-refractivity contribution in [1.82, 2.24) is 4.98 Å². The lowest BCUT2D eigenvalue weighted by Gasteiger charge is -2.07. The number of halogens is 1. The Balaban J connectivity index is 1.85. The fourth-order valence-electron chi connectivity index (χ4n) is 1.15. The molecule has 1 aromatic heterocycles. The largest absolute Gasteiger partial charge is 0.458 e. The summed E-state index contributed by atoms with van der Waals surface area (Å²) < 4.78 is 10.7. The predicted octanol–water partition coefficient (Wildman–Crippen LogP) is 3.15. The maximum Gasteiger partial charge on any atom is 0.230 e. The number of rotatable bonds is 4. The van der Waals surface area contributed by atoms with Gasteiger partial charge in [0, 0.05) is 12.3 Å². The topological polar surface area (TPSA) is 31.4 Å². The molecular weight excluding hydrogens is 226 g/mol. The summed E-state index contributed by atoms with van der Waals surface area (Å²) in [6, 6.07) is 11.1. The Kier molecular flexibility index (Phi) is 3.62. The van der Waals surface area contributed by atoms with Gasteiger partial charge in [0.2, 0.25) is 6.79 Å². The highest BCUT2D eigenvalue weighted by Crippen LogP contribution is 2.15. The Morgan fingerprint density at radius 2 is 1.75 bits per heavy atom. The molecule has 2 aromatic rings. The van der Waals surface area contributed by atoms with E-state index in [4.69, 9.17) is 21.1 Å². The number of nitrogens with zero attached hydrogens (tertiary/aromatic N) is 1. The summed E-state index contributed by atoms with van der Waals surface area (Å²) in [5, 5.41) is 0.539. The van der Waals surface area contributed by atoms with E-state index < -0.39 is 0 Å². The van der Waals surface area contributed by atoms with Crippen LogP contribution in [0.4, 0.5) is 0 Å². The molecule has 0 bridgehead atoms. The van der Waals surface area contributed by atoms with E-state index >= 15 is 0 Å². The summed E-state index contributed by atoms with van der Waals surface area (Å²) in [6.45, 7) is 0.131. The number of benzene rings is 1. The lowest BCUT2D eigenvalue weighted by atomic mass is 10.3. The van der Waals surface area contributed by atoms with Crippen molar-refractivity contribution in [3.05, 3.63) is 53.8 Å². The Morgan fingerprint density at radius 3 is 2.50 bits per heavy atom. The van der Waals surface area contributed by atoms with E-state index in [9.17, 15) is 0 Å². The van der Waals surface area contributed by atoms with Crippen molar-refractivity contribution in [2.24, 2.45) is 0 Å². The monoisotopic (exact) mass is 235 g/mol. The quantitative estimate of drug-likeness (QED) is 0.763. The number of pyridine rings is 1. The lowest BCUT2D eigenvalue weighted by molar-refractivity contribution is 0.119. The molecule has 0 spiro atoms. The van der Waals surface area contributed by atoms with Gasteiger partial charge in [-0.3, -0.25) is 4.98 Å². The zero-order valence-electron chi connectivity index (χ0n) is 8.47. The van der Waals surface area contributed by atoms with Gasteiger partial charge in [0.1, 0.15) is 11.5 Å². The first kappa shape index (κ1) is 10.8. The second-order valence-corrected chi connectivity index (χ2v) is 3.49. The number of aromatic nitrogens is 1. The summed E-state index contributed by atoms with van der Waals surface area (Å²) in [6.07, 6.45) is 3.13. The van der Waals surface area contributed by atoms with Gasteiger partial charge in [-0.15, -0.1) is 0 Å². The molecule has 82 valence electrons. The summed E-state index contributed by atoms with van der Waals surface area (Å²) in [5.74, 6) is 1.35.